The van der Waals surface area contributed by atoms with E-state index in [1.807, 2.05) is 13.8 Å². The molecule has 0 aliphatic carbocycles. The highest BCUT2D eigenvalue weighted by molar-refractivity contribution is 6.31. The van der Waals surface area contributed by atoms with Gasteiger partial charge in [-0.1, -0.05) is 11.6 Å². The fourth-order valence-corrected chi connectivity index (χ4v) is 3.07. The van der Waals surface area contributed by atoms with E-state index in [1.54, 1.807) is 11.0 Å². The minimum Gasteiger partial charge on any atom is -0.450 e. The molecule has 26 heavy (non-hydrogen) atoms. The van der Waals surface area contributed by atoms with Crippen molar-refractivity contribution in [2.24, 2.45) is 0 Å². The standard InChI is InChI=1S/C18H18ClNO6/c1-10-7-20(8-11(2)25-10)17(22)9-24-18(23)16-6-14(21)13-5-12(19)3-4-15(13)26-16/h3-6,10-11H,7-9H2,1-2H3/t10-,11+. The number of carbonyl (C=O) groups excluding carboxylic acids is 2. The Morgan fingerprint density at radius 1 is 1.23 bits per heavy atom. The molecule has 1 aromatic heterocycles. The van der Waals surface area contributed by atoms with Crippen LogP contribution in [-0.4, -0.2) is 48.7 Å². The molecule has 7 nitrogen and oxygen atoms in total. The smallest absolute Gasteiger partial charge is 0.374 e. The molecule has 2 heterocycles. The molecule has 0 radical (unpaired) electrons. The first-order chi connectivity index (χ1) is 12.3. The molecule has 1 aromatic carbocycles. The van der Waals surface area contributed by atoms with Gasteiger partial charge in [-0.05, 0) is 32.0 Å². The summed E-state index contributed by atoms with van der Waals surface area (Å²) in [5.41, 5.74) is -0.195. The van der Waals surface area contributed by atoms with Crippen molar-refractivity contribution >= 4 is 34.4 Å². The Kier molecular flexibility index (Phi) is 5.29. The Bertz CT molecular complexity index is 898. The summed E-state index contributed by atoms with van der Waals surface area (Å²) in [4.78, 5) is 38.1. The van der Waals surface area contributed by atoms with Gasteiger partial charge in [-0.3, -0.25) is 9.59 Å². The number of halogens is 1. The maximum Gasteiger partial charge on any atom is 0.374 e. The lowest BCUT2D eigenvalue weighted by molar-refractivity contribution is -0.146. The predicted molar refractivity (Wildman–Crippen MR) is 94.4 cm³/mol. The van der Waals surface area contributed by atoms with Crippen molar-refractivity contribution in [3.05, 3.63) is 45.3 Å². The van der Waals surface area contributed by atoms with Crippen molar-refractivity contribution < 1.29 is 23.5 Å². The number of benzene rings is 1. The number of fused-ring (bicyclic) bond motifs is 1. The van der Waals surface area contributed by atoms with Crippen LogP contribution in [0.4, 0.5) is 0 Å². The summed E-state index contributed by atoms with van der Waals surface area (Å²) >= 11 is 5.85. The maximum atomic E-state index is 12.2. The first-order valence-corrected chi connectivity index (χ1v) is 8.55. The van der Waals surface area contributed by atoms with E-state index in [2.05, 4.69) is 0 Å². The molecular formula is C18H18ClNO6. The van der Waals surface area contributed by atoms with Gasteiger partial charge >= 0.3 is 5.97 Å². The van der Waals surface area contributed by atoms with Crippen LogP contribution in [0, 0.1) is 0 Å². The first kappa shape index (κ1) is 18.4. The Labute approximate surface area is 154 Å². The fraction of sp³-hybridized carbons (Fsp3) is 0.389. The molecule has 8 heteroatoms. The summed E-state index contributed by atoms with van der Waals surface area (Å²) in [6.45, 7) is 4.19. The topological polar surface area (TPSA) is 86.0 Å². The monoisotopic (exact) mass is 379 g/mol. The van der Waals surface area contributed by atoms with Gasteiger partial charge in [0.1, 0.15) is 5.58 Å². The molecular weight excluding hydrogens is 362 g/mol. The van der Waals surface area contributed by atoms with Gasteiger partial charge in [-0.2, -0.15) is 0 Å². The van der Waals surface area contributed by atoms with Crippen LogP contribution < -0.4 is 5.43 Å². The van der Waals surface area contributed by atoms with Crippen molar-refractivity contribution in [2.45, 2.75) is 26.1 Å². The summed E-state index contributed by atoms with van der Waals surface area (Å²) < 4.78 is 16.0. The van der Waals surface area contributed by atoms with E-state index >= 15 is 0 Å². The van der Waals surface area contributed by atoms with Gasteiger partial charge in [0.2, 0.25) is 5.76 Å². The van der Waals surface area contributed by atoms with Crippen LogP contribution in [0.15, 0.2) is 33.5 Å². The van der Waals surface area contributed by atoms with E-state index in [-0.39, 0.29) is 34.8 Å². The molecule has 1 aliphatic rings. The Hall–Kier alpha value is -2.38. The molecule has 2 atom stereocenters. The van der Waals surface area contributed by atoms with Gasteiger partial charge < -0.3 is 18.8 Å². The molecule has 1 amide bonds. The van der Waals surface area contributed by atoms with Crippen LogP contribution in [-0.2, 0) is 14.3 Å². The lowest BCUT2D eigenvalue weighted by atomic mass is 10.2. The van der Waals surface area contributed by atoms with Crippen molar-refractivity contribution in [3.8, 4) is 0 Å². The summed E-state index contributed by atoms with van der Waals surface area (Å²) in [6, 6.07) is 5.54. The first-order valence-electron chi connectivity index (χ1n) is 8.17. The Morgan fingerprint density at radius 2 is 1.92 bits per heavy atom. The van der Waals surface area contributed by atoms with Crippen molar-refractivity contribution in [1.29, 1.82) is 0 Å². The van der Waals surface area contributed by atoms with Crippen LogP contribution in [0.3, 0.4) is 0 Å². The van der Waals surface area contributed by atoms with Gasteiger partial charge in [-0.25, -0.2) is 4.79 Å². The third-order valence-electron chi connectivity index (χ3n) is 3.99. The van der Waals surface area contributed by atoms with E-state index in [0.29, 0.717) is 18.1 Å². The Balaban J connectivity index is 1.68. The van der Waals surface area contributed by atoms with Gasteiger partial charge in [0.15, 0.2) is 12.0 Å². The zero-order chi connectivity index (χ0) is 18.8. The van der Waals surface area contributed by atoms with Gasteiger partial charge in [0, 0.05) is 24.2 Å². The molecule has 0 bridgehead atoms. The van der Waals surface area contributed by atoms with Crippen molar-refractivity contribution in [1.82, 2.24) is 4.90 Å². The summed E-state index contributed by atoms with van der Waals surface area (Å²) in [5.74, 6) is -1.46. The number of carbonyl (C=O) groups is 2. The molecule has 3 rings (SSSR count). The number of rotatable bonds is 3. The highest BCUT2D eigenvalue weighted by atomic mass is 35.5. The Morgan fingerprint density at radius 3 is 2.62 bits per heavy atom. The molecule has 1 saturated heterocycles. The number of nitrogens with zero attached hydrogens (tertiary/aromatic N) is 1. The van der Waals surface area contributed by atoms with Crippen LogP contribution in [0.1, 0.15) is 24.4 Å². The summed E-state index contributed by atoms with van der Waals surface area (Å²) in [7, 11) is 0. The third kappa shape index (κ3) is 4.05. The molecule has 0 N–H and O–H groups in total. The molecule has 1 aliphatic heterocycles. The van der Waals surface area contributed by atoms with E-state index in [4.69, 9.17) is 25.5 Å². The van der Waals surface area contributed by atoms with Crippen LogP contribution in [0.5, 0.6) is 0 Å². The third-order valence-corrected chi connectivity index (χ3v) is 4.22. The van der Waals surface area contributed by atoms with Crippen LogP contribution in [0.25, 0.3) is 11.0 Å². The quantitative estimate of drug-likeness (QED) is 0.760. The number of esters is 1. The molecule has 0 saturated carbocycles. The zero-order valence-corrected chi connectivity index (χ0v) is 15.1. The van der Waals surface area contributed by atoms with Gasteiger partial charge in [0.25, 0.3) is 5.91 Å². The van der Waals surface area contributed by atoms with E-state index in [9.17, 15) is 14.4 Å². The average molecular weight is 380 g/mol. The highest BCUT2D eigenvalue weighted by Crippen LogP contribution is 2.18. The second-order valence-corrected chi connectivity index (χ2v) is 6.68. The zero-order valence-electron chi connectivity index (χ0n) is 14.4. The number of hydrogen-bond acceptors (Lipinski definition) is 6. The van der Waals surface area contributed by atoms with E-state index in [0.717, 1.165) is 6.07 Å². The molecule has 1 fully saturated rings. The second kappa shape index (κ2) is 7.47. The van der Waals surface area contributed by atoms with E-state index < -0.39 is 18.0 Å². The van der Waals surface area contributed by atoms with Gasteiger partial charge in [-0.15, -0.1) is 0 Å². The predicted octanol–water partition coefficient (Wildman–Crippen LogP) is 2.24. The number of amides is 1. The minimum absolute atomic E-state index is 0.0799. The molecule has 138 valence electrons. The summed E-state index contributed by atoms with van der Waals surface area (Å²) in [6.07, 6.45) is -0.160. The fourth-order valence-electron chi connectivity index (χ4n) is 2.90. The van der Waals surface area contributed by atoms with Crippen molar-refractivity contribution in [2.75, 3.05) is 19.7 Å². The average Bonchev–Trinajstić information content (AvgIpc) is 2.59. The SMILES string of the molecule is C[C@@H]1CN(C(=O)COC(=O)c2cc(=O)c3cc(Cl)ccc3o2)C[C@H](C)O1. The lowest BCUT2D eigenvalue weighted by Gasteiger charge is -2.35. The number of ether oxygens (including phenoxy) is 2. The number of morpholine rings is 1. The van der Waals surface area contributed by atoms with Crippen molar-refractivity contribution in [3.63, 3.8) is 0 Å². The lowest BCUT2D eigenvalue weighted by Crippen LogP contribution is -2.49. The minimum atomic E-state index is -0.873. The largest absolute Gasteiger partial charge is 0.450 e. The highest BCUT2D eigenvalue weighted by Gasteiger charge is 2.26. The molecule has 0 spiro atoms. The van der Waals surface area contributed by atoms with E-state index in [1.165, 1.54) is 12.1 Å². The molecule has 2 aromatic rings. The van der Waals surface area contributed by atoms with Gasteiger partial charge in [0.05, 0.1) is 17.6 Å². The maximum absolute atomic E-state index is 12.2. The van der Waals surface area contributed by atoms with Crippen LogP contribution >= 0.6 is 11.6 Å². The molecule has 0 unspecified atom stereocenters. The summed E-state index contributed by atoms with van der Waals surface area (Å²) in [5, 5.41) is 0.654. The second-order valence-electron chi connectivity index (χ2n) is 6.25. The van der Waals surface area contributed by atoms with Crippen LogP contribution in [0.2, 0.25) is 5.02 Å². The number of hydrogen-bond donors (Lipinski definition) is 0. The normalized spacial score (nSPS) is 20.2.